The smallest absolute Gasteiger partial charge is 0.254 e. The minimum Gasteiger partial charge on any atom is -0.388 e. The van der Waals surface area contributed by atoms with Crippen molar-refractivity contribution in [1.29, 1.82) is 0 Å². The van der Waals surface area contributed by atoms with Crippen LogP contribution in [-0.4, -0.2) is 82.9 Å². The summed E-state index contributed by atoms with van der Waals surface area (Å²) in [5.41, 5.74) is 2.04. The van der Waals surface area contributed by atoms with E-state index in [0.717, 1.165) is 55.3 Å². The van der Waals surface area contributed by atoms with Gasteiger partial charge in [0.1, 0.15) is 6.61 Å². The number of ether oxygens (including phenoxy) is 1. The van der Waals surface area contributed by atoms with E-state index in [1.807, 2.05) is 18.2 Å². The predicted molar refractivity (Wildman–Crippen MR) is 160 cm³/mol. The molecular weight excluding hydrogens is 530 g/mol. The van der Waals surface area contributed by atoms with Crippen LogP contribution in [0.1, 0.15) is 52.5 Å². The third kappa shape index (κ3) is 7.77. The number of Topliss-reactive ketones (excluding diaryl/α,β-unsaturated/α-hetero) is 2. The molecule has 8 heteroatoms. The number of pyridine rings is 1. The number of aliphatic hydroxyl groups is 1. The van der Waals surface area contributed by atoms with Gasteiger partial charge in [-0.25, -0.2) is 0 Å². The van der Waals surface area contributed by atoms with Gasteiger partial charge in [0.15, 0.2) is 17.1 Å². The highest BCUT2D eigenvalue weighted by atomic mass is 16.5. The molecule has 1 N–H and O–H groups in total. The van der Waals surface area contributed by atoms with Crippen LogP contribution in [0.15, 0.2) is 72.9 Å². The molecule has 2 heterocycles. The van der Waals surface area contributed by atoms with Crippen molar-refractivity contribution in [2.75, 3.05) is 40.0 Å². The molecule has 1 amide bonds. The number of benzene rings is 2. The minimum atomic E-state index is -1.81. The Bertz CT molecular complexity index is 1420. The number of hydrogen-bond acceptors (Lipinski definition) is 7. The summed E-state index contributed by atoms with van der Waals surface area (Å²) in [5, 5.41) is 9.62. The second kappa shape index (κ2) is 14.6. The summed E-state index contributed by atoms with van der Waals surface area (Å²) in [4.78, 5) is 47.1. The summed E-state index contributed by atoms with van der Waals surface area (Å²) in [6.07, 6.45) is 3.00. The first kappa shape index (κ1) is 30.8. The molecule has 1 unspecified atom stereocenters. The van der Waals surface area contributed by atoms with Gasteiger partial charge in [-0.2, -0.15) is 0 Å². The first-order valence-corrected chi connectivity index (χ1v) is 14.2. The zero-order chi connectivity index (χ0) is 30.0. The highest BCUT2D eigenvalue weighted by Gasteiger charge is 2.45. The van der Waals surface area contributed by atoms with Gasteiger partial charge < -0.3 is 14.7 Å². The molecule has 0 bridgehead atoms. The van der Waals surface area contributed by atoms with Crippen LogP contribution in [-0.2, 0) is 27.3 Å². The largest absolute Gasteiger partial charge is 0.388 e. The maximum atomic E-state index is 13.4. The molecular formula is C34H37N3O5. The monoisotopic (exact) mass is 567 g/mol. The van der Waals surface area contributed by atoms with Gasteiger partial charge in [0.05, 0.1) is 6.61 Å². The Kier molecular flexibility index (Phi) is 10.7. The van der Waals surface area contributed by atoms with Gasteiger partial charge in [0.25, 0.3) is 5.91 Å². The Hall–Kier alpha value is -4.16. The van der Waals surface area contributed by atoms with Crippen molar-refractivity contribution in [3.05, 3.63) is 101 Å². The number of nitrogens with zero attached hydrogens (tertiary/aromatic N) is 3. The van der Waals surface area contributed by atoms with Crippen molar-refractivity contribution in [2.24, 2.45) is 0 Å². The highest BCUT2D eigenvalue weighted by molar-refractivity contribution is 6.15. The number of aryl methyl sites for hydroxylation is 1. The fourth-order valence-corrected chi connectivity index (χ4v) is 4.86. The van der Waals surface area contributed by atoms with Crippen LogP contribution in [0.4, 0.5) is 0 Å². The van der Waals surface area contributed by atoms with Gasteiger partial charge in [0.2, 0.25) is 0 Å². The number of likely N-dealkylation sites (N-methyl/N-ethyl adjacent to an activating group) is 1. The molecule has 1 fully saturated rings. The molecule has 218 valence electrons. The maximum Gasteiger partial charge on any atom is 0.254 e. The van der Waals surface area contributed by atoms with Gasteiger partial charge in [-0.15, -0.1) is 0 Å². The van der Waals surface area contributed by atoms with Gasteiger partial charge >= 0.3 is 0 Å². The Morgan fingerprint density at radius 1 is 0.952 bits per heavy atom. The van der Waals surface area contributed by atoms with Crippen molar-refractivity contribution in [1.82, 2.24) is 14.8 Å². The fraction of sp³-hybridized carbons (Fsp3) is 0.353. The molecule has 42 heavy (non-hydrogen) atoms. The number of ketones is 2. The molecule has 8 nitrogen and oxygen atoms in total. The molecule has 0 aliphatic carbocycles. The van der Waals surface area contributed by atoms with Crippen LogP contribution < -0.4 is 0 Å². The maximum absolute atomic E-state index is 13.4. The number of carbonyl (C=O) groups is 3. The Labute approximate surface area is 247 Å². The van der Waals surface area contributed by atoms with Crippen LogP contribution in [0.25, 0.3) is 0 Å². The summed E-state index contributed by atoms with van der Waals surface area (Å²) in [7, 11) is 1.41. The first-order valence-electron chi connectivity index (χ1n) is 14.2. The van der Waals surface area contributed by atoms with E-state index in [9.17, 15) is 19.5 Å². The quantitative estimate of drug-likeness (QED) is 0.296. The lowest BCUT2D eigenvalue weighted by Gasteiger charge is -2.36. The topological polar surface area (TPSA) is 100 Å². The molecule has 0 saturated carbocycles. The zero-order valence-corrected chi connectivity index (χ0v) is 24.2. The number of aliphatic hydroxyl groups excluding tert-OH is 1. The molecule has 1 aromatic heterocycles. The fourth-order valence-electron chi connectivity index (χ4n) is 4.86. The zero-order valence-electron chi connectivity index (χ0n) is 24.2. The molecule has 3 aromatic rings. The molecule has 4 rings (SSSR count). The lowest BCUT2D eigenvalue weighted by atomic mass is 9.86. The van der Waals surface area contributed by atoms with E-state index in [0.29, 0.717) is 17.7 Å². The van der Waals surface area contributed by atoms with Crippen LogP contribution >= 0.6 is 0 Å². The van der Waals surface area contributed by atoms with Gasteiger partial charge in [-0.3, -0.25) is 24.3 Å². The Balaban J connectivity index is 1.40. The van der Waals surface area contributed by atoms with Gasteiger partial charge in [-0.1, -0.05) is 30.0 Å². The van der Waals surface area contributed by atoms with Crippen molar-refractivity contribution < 1.29 is 24.2 Å². The third-order valence-corrected chi connectivity index (χ3v) is 7.70. The third-order valence-electron chi connectivity index (χ3n) is 7.70. The summed E-state index contributed by atoms with van der Waals surface area (Å²) < 4.78 is 5.53. The van der Waals surface area contributed by atoms with E-state index >= 15 is 0 Å². The molecule has 1 aliphatic heterocycles. The Morgan fingerprint density at radius 3 is 2.29 bits per heavy atom. The first-order chi connectivity index (χ1) is 20.3. The van der Waals surface area contributed by atoms with Crippen LogP contribution in [0.5, 0.6) is 0 Å². The van der Waals surface area contributed by atoms with E-state index in [4.69, 9.17) is 4.74 Å². The van der Waals surface area contributed by atoms with Crippen molar-refractivity contribution in [3.63, 3.8) is 0 Å². The Morgan fingerprint density at radius 2 is 1.64 bits per heavy atom. The molecule has 2 aromatic carbocycles. The summed E-state index contributed by atoms with van der Waals surface area (Å²) in [6, 6.07) is 20.3. The SMILES string of the molecule is CN(C(=O)c1ccc(C#Cc2ccc(CN3CCCOCC3)cc2)cc1)C(C)(C(=O)CO)C(=O)CCc1ccccn1. The van der Waals surface area contributed by atoms with Crippen molar-refractivity contribution in [3.8, 4) is 11.8 Å². The predicted octanol–water partition coefficient (Wildman–Crippen LogP) is 3.30. The molecule has 0 spiro atoms. The number of aromatic nitrogens is 1. The van der Waals surface area contributed by atoms with Crippen molar-refractivity contribution in [2.45, 2.75) is 38.3 Å². The van der Waals surface area contributed by atoms with E-state index in [-0.39, 0.29) is 6.42 Å². The lowest BCUT2D eigenvalue weighted by Crippen LogP contribution is -2.59. The average Bonchev–Trinajstić information content (AvgIpc) is 3.31. The van der Waals surface area contributed by atoms with Crippen molar-refractivity contribution >= 4 is 17.5 Å². The summed E-state index contributed by atoms with van der Waals surface area (Å²) >= 11 is 0. The van der Waals surface area contributed by atoms with Crippen LogP contribution in [0, 0.1) is 11.8 Å². The number of hydrogen-bond donors (Lipinski definition) is 1. The van der Waals surface area contributed by atoms with E-state index in [1.165, 1.54) is 19.5 Å². The molecule has 0 radical (unpaired) electrons. The number of rotatable bonds is 10. The second-order valence-corrected chi connectivity index (χ2v) is 10.5. The minimum absolute atomic E-state index is 0.000401. The van der Waals surface area contributed by atoms with Gasteiger partial charge in [-0.05, 0) is 73.9 Å². The van der Waals surface area contributed by atoms with E-state index in [2.05, 4.69) is 33.9 Å². The van der Waals surface area contributed by atoms with Crippen LogP contribution in [0.3, 0.4) is 0 Å². The normalized spacial score (nSPS) is 15.0. The van der Waals surface area contributed by atoms with Gasteiger partial charge in [0, 0.05) is 68.3 Å². The second-order valence-electron chi connectivity index (χ2n) is 10.5. The van der Waals surface area contributed by atoms with Crippen LogP contribution in [0.2, 0.25) is 0 Å². The summed E-state index contributed by atoms with van der Waals surface area (Å²) in [5.74, 6) is 4.58. The molecule has 1 atom stereocenters. The molecule has 1 saturated heterocycles. The van der Waals surface area contributed by atoms with E-state index in [1.54, 1.807) is 42.6 Å². The van der Waals surface area contributed by atoms with E-state index < -0.39 is 29.6 Å². The number of carbonyl (C=O) groups excluding carboxylic acids is 3. The number of amides is 1. The highest BCUT2D eigenvalue weighted by Crippen LogP contribution is 2.22. The molecule has 1 aliphatic rings. The standard InChI is InChI=1S/C34H37N3O5/c1-34(32(40)25-38,31(39)18-17-30-6-3-4-19-35-30)36(2)33(41)29-15-13-27(14-16-29)8-7-26-9-11-28(12-10-26)24-37-20-5-22-42-23-21-37/h3-4,6,9-16,19,38H,5,17-18,20-25H2,1-2H3. The summed E-state index contributed by atoms with van der Waals surface area (Å²) in [6.45, 7) is 5.00. The average molecular weight is 568 g/mol. The lowest BCUT2D eigenvalue weighted by molar-refractivity contribution is -0.142.